The van der Waals surface area contributed by atoms with Crippen LogP contribution in [-0.2, 0) is 14.3 Å². The molecule has 1 rings (SSSR count). The quantitative estimate of drug-likeness (QED) is 0.232. The molecule has 0 saturated carbocycles. The second-order valence-electron chi connectivity index (χ2n) is 6.14. The monoisotopic (exact) mass is 386 g/mol. The molecule has 5 nitrogen and oxygen atoms in total. The maximum atomic E-state index is 12.2. The van der Waals surface area contributed by atoms with Crippen molar-refractivity contribution in [1.82, 2.24) is 9.97 Å². The molecule has 0 aliphatic carbocycles. The van der Waals surface area contributed by atoms with Gasteiger partial charge in [0, 0.05) is 17.1 Å². The van der Waals surface area contributed by atoms with E-state index in [0.29, 0.717) is 11.8 Å². The second-order valence-corrected chi connectivity index (χ2v) is 8.24. The van der Waals surface area contributed by atoms with Crippen LogP contribution in [0.5, 0.6) is 0 Å². The van der Waals surface area contributed by atoms with Gasteiger partial charge >= 0.3 is 5.97 Å². The van der Waals surface area contributed by atoms with E-state index in [1.165, 1.54) is 24.6 Å². The first-order valence-electron chi connectivity index (χ1n) is 8.74. The van der Waals surface area contributed by atoms with Gasteiger partial charge in [-0.05, 0) is 45.9 Å². The lowest BCUT2D eigenvalue weighted by molar-refractivity contribution is -0.148. The van der Waals surface area contributed by atoms with Crippen LogP contribution >= 0.6 is 23.5 Å². The minimum Gasteiger partial charge on any atom is -0.458 e. The van der Waals surface area contributed by atoms with Crippen molar-refractivity contribution < 1.29 is 14.3 Å². The molecule has 1 aromatic heterocycles. The number of thioether (sulfide) groups is 2. The van der Waals surface area contributed by atoms with Gasteiger partial charge in [0.25, 0.3) is 0 Å². The van der Waals surface area contributed by atoms with E-state index in [1.807, 2.05) is 45.5 Å². The Morgan fingerprint density at radius 3 is 2.52 bits per heavy atom. The summed E-state index contributed by atoms with van der Waals surface area (Å²) in [6.07, 6.45) is 2.26. The van der Waals surface area contributed by atoms with Gasteiger partial charge < -0.3 is 9.47 Å². The molecule has 0 N–H and O–H groups in total. The van der Waals surface area contributed by atoms with Crippen LogP contribution in [-0.4, -0.2) is 52.0 Å². The molecule has 0 aromatic carbocycles. The highest BCUT2D eigenvalue weighted by Crippen LogP contribution is 2.16. The topological polar surface area (TPSA) is 61.3 Å². The summed E-state index contributed by atoms with van der Waals surface area (Å²) >= 11 is 3.12. The maximum Gasteiger partial charge on any atom is 0.316 e. The van der Waals surface area contributed by atoms with Gasteiger partial charge in [-0.15, -0.1) is 0 Å². The zero-order chi connectivity index (χ0) is 18.7. The Morgan fingerprint density at radius 1 is 1.24 bits per heavy atom. The largest absolute Gasteiger partial charge is 0.458 e. The minimum atomic E-state index is -0.249. The highest BCUT2D eigenvalue weighted by molar-refractivity contribution is 7.99. The number of hydrogen-bond acceptors (Lipinski definition) is 7. The fraction of sp³-hybridized carbons (Fsp3) is 0.722. The Labute approximate surface area is 160 Å². The summed E-state index contributed by atoms with van der Waals surface area (Å²) in [6, 6.07) is 1.91. The molecule has 0 saturated heterocycles. The highest BCUT2D eigenvalue weighted by atomic mass is 32.2. The van der Waals surface area contributed by atoms with Crippen molar-refractivity contribution in [3.8, 4) is 0 Å². The van der Waals surface area contributed by atoms with E-state index in [1.54, 1.807) is 0 Å². The Morgan fingerprint density at radius 2 is 1.92 bits per heavy atom. The summed E-state index contributed by atoms with van der Waals surface area (Å²) in [5, 5.41) is 0.613. The first kappa shape index (κ1) is 22.3. The third-order valence-corrected chi connectivity index (χ3v) is 5.15. The van der Waals surface area contributed by atoms with Crippen LogP contribution in [0.3, 0.4) is 0 Å². The number of aryl methyl sites for hydroxylation is 2. The number of unbranched alkanes of at least 4 members (excludes halogenated alkanes) is 1. The lowest BCUT2D eigenvalue weighted by Gasteiger charge is -2.19. The van der Waals surface area contributed by atoms with Gasteiger partial charge in [-0.1, -0.05) is 25.1 Å². The van der Waals surface area contributed by atoms with Crippen LogP contribution in [0.1, 0.15) is 45.0 Å². The standard InChI is InChI=1S/C18H30N2O3S2/c1-6-7-8-24-11-16(10-22-13(2)3)23-17(21)12-25-18-19-14(4)9-15(5)20-18/h9,13,16H,6-8,10-12H2,1-5H3. The molecule has 1 atom stereocenters. The molecular formula is C18H30N2O3S2. The van der Waals surface area contributed by atoms with Crippen molar-refractivity contribution in [3.05, 3.63) is 17.5 Å². The number of carbonyl (C=O) groups excluding carboxylic acids is 1. The first-order valence-corrected chi connectivity index (χ1v) is 10.9. The molecule has 1 unspecified atom stereocenters. The van der Waals surface area contributed by atoms with E-state index in [9.17, 15) is 4.79 Å². The Kier molecular flexibility index (Phi) is 11.2. The average molecular weight is 387 g/mol. The molecule has 0 aliphatic rings. The molecule has 0 spiro atoms. The van der Waals surface area contributed by atoms with Gasteiger partial charge in [-0.2, -0.15) is 11.8 Å². The van der Waals surface area contributed by atoms with Crippen molar-refractivity contribution in [3.63, 3.8) is 0 Å². The Bertz CT molecular complexity index is 507. The summed E-state index contributed by atoms with van der Waals surface area (Å²) in [5.41, 5.74) is 1.80. The van der Waals surface area contributed by atoms with E-state index < -0.39 is 0 Å². The van der Waals surface area contributed by atoms with E-state index in [0.717, 1.165) is 22.9 Å². The van der Waals surface area contributed by atoms with Crippen LogP contribution < -0.4 is 0 Å². The Balaban J connectivity index is 2.45. The van der Waals surface area contributed by atoms with Gasteiger partial charge in [-0.3, -0.25) is 4.79 Å². The van der Waals surface area contributed by atoms with Crippen molar-refractivity contribution >= 4 is 29.5 Å². The zero-order valence-electron chi connectivity index (χ0n) is 15.9. The zero-order valence-corrected chi connectivity index (χ0v) is 17.5. The van der Waals surface area contributed by atoms with E-state index >= 15 is 0 Å². The van der Waals surface area contributed by atoms with Crippen LogP contribution in [0.2, 0.25) is 0 Å². The predicted octanol–water partition coefficient (Wildman–Crippen LogP) is 4.06. The van der Waals surface area contributed by atoms with Gasteiger partial charge in [0.15, 0.2) is 5.16 Å². The summed E-state index contributed by atoms with van der Waals surface area (Å²) in [6.45, 7) is 10.4. The Hall–Kier alpha value is -0.790. The van der Waals surface area contributed by atoms with Crippen LogP contribution in [0.4, 0.5) is 0 Å². The van der Waals surface area contributed by atoms with E-state index in [-0.39, 0.29) is 23.9 Å². The first-order chi connectivity index (χ1) is 11.9. The lowest BCUT2D eigenvalue weighted by Crippen LogP contribution is -2.28. The normalized spacial score (nSPS) is 12.4. The fourth-order valence-corrected chi connectivity index (χ4v) is 3.80. The summed E-state index contributed by atoms with van der Waals surface area (Å²) < 4.78 is 11.2. The number of carbonyl (C=O) groups is 1. The smallest absolute Gasteiger partial charge is 0.316 e. The molecule has 0 bridgehead atoms. The van der Waals surface area contributed by atoms with Gasteiger partial charge in [0.1, 0.15) is 6.10 Å². The number of aromatic nitrogens is 2. The van der Waals surface area contributed by atoms with Crippen LogP contribution in [0.15, 0.2) is 11.2 Å². The van der Waals surface area contributed by atoms with Gasteiger partial charge in [-0.25, -0.2) is 9.97 Å². The molecule has 142 valence electrons. The molecule has 0 aliphatic heterocycles. The fourth-order valence-electron chi connectivity index (χ4n) is 1.98. The molecule has 1 heterocycles. The third kappa shape index (κ3) is 10.7. The van der Waals surface area contributed by atoms with Crippen molar-refractivity contribution in [2.45, 2.75) is 64.8 Å². The number of nitrogens with zero attached hydrogens (tertiary/aromatic N) is 2. The van der Waals surface area contributed by atoms with Gasteiger partial charge in [0.2, 0.25) is 0 Å². The average Bonchev–Trinajstić information content (AvgIpc) is 2.53. The van der Waals surface area contributed by atoms with Crippen LogP contribution in [0, 0.1) is 13.8 Å². The van der Waals surface area contributed by atoms with Crippen molar-refractivity contribution in [2.75, 3.05) is 23.9 Å². The molecule has 0 fully saturated rings. The SMILES string of the molecule is CCCCSCC(COC(C)C)OC(=O)CSc1nc(C)cc(C)n1. The molecular weight excluding hydrogens is 356 g/mol. The van der Waals surface area contributed by atoms with Crippen molar-refractivity contribution in [2.24, 2.45) is 0 Å². The second kappa shape index (κ2) is 12.5. The van der Waals surface area contributed by atoms with Gasteiger partial charge in [0.05, 0.1) is 18.5 Å². The summed E-state index contributed by atoms with van der Waals surface area (Å²) in [7, 11) is 0. The summed E-state index contributed by atoms with van der Waals surface area (Å²) in [4.78, 5) is 20.8. The van der Waals surface area contributed by atoms with Crippen LogP contribution in [0.25, 0.3) is 0 Å². The molecule has 1 aromatic rings. The van der Waals surface area contributed by atoms with Crippen molar-refractivity contribution in [1.29, 1.82) is 0 Å². The molecule has 0 amide bonds. The molecule has 0 radical (unpaired) electrons. The minimum absolute atomic E-state index is 0.125. The van der Waals surface area contributed by atoms with E-state index in [4.69, 9.17) is 9.47 Å². The van der Waals surface area contributed by atoms with E-state index in [2.05, 4.69) is 16.9 Å². The number of hydrogen-bond donors (Lipinski definition) is 0. The summed E-state index contributed by atoms with van der Waals surface area (Å²) in [5.74, 6) is 1.81. The maximum absolute atomic E-state index is 12.2. The number of esters is 1. The lowest BCUT2D eigenvalue weighted by atomic mass is 10.4. The number of rotatable bonds is 12. The predicted molar refractivity (Wildman–Crippen MR) is 105 cm³/mol. The third-order valence-electron chi connectivity index (χ3n) is 3.14. The number of ether oxygens (including phenoxy) is 2. The highest BCUT2D eigenvalue weighted by Gasteiger charge is 2.16. The molecule has 25 heavy (non-hydrogen) atoms. The molecule has 7 heteroatoms.